The first-order chi connectivity index (χ1) is 9.99. The minimum Gasteiger partial charge on any atom is -0.480 e. The van der Waals surface area contributed by atoms with E-state index in [1.807, 2.05) is 31.2 Å². The average Bonchev–Trinajstić information content (AvgIpc) is 2.47. The third-order valence-corrected chi connectivity index (χ3v) is 3.91. The number of carboxylic acids is 1. The van der Waals surface area contributed by atoms with E-state index in [-0.39, 0.29) is 25.2 Å². The molecule has 1 aromatic rings. The van der Waals surface area contributed by atoms with Crippen LogP contribution in [0.5, 0.6) is 0 Å². The lowest BCUT2D eigenvalue weighted by molar-refractivity contribution is -0.147. The van der Waals surface area contributed by atoms with Crippen molar-refractivity contribution < 1.29 is 19.4 Å². The smallest absolute Gasteiger partial charge is 0.328 e. The highest BCUT2D eigenvalue weighted by molar-refractivity contribution is 9.10. The summed E-state index contributed by atoms with van der Waals surface area (Å²) < 4.78 is 6.08. The zero-order valence-electron chi connectivity index (χ0n) is 11.6. The molecular formula is C14H17BrN2O4. The summed E-state index contributed by atoms with van der Waals surface area (Å²) in [5.74, 6) is -1.05. The molecule has 0 saturated carbocycles. The van der Waals surface area contributed by atoms with Gasteiger partial charge < -0.3 is 20.1 Å². The van der Waals surface area contributed by atoms with E-state index in [2.05, 4.69) is 21.2 Å². The van der Waals surface area contributed by atoms with Gasteiger partial charge in [-0.3, -0.25) is 0 Å². The van der Waals surface area contributed by atoms with Crippen molar-refractivity contribution in [2.45, 2.75) is 19.0 Å². The van der Waals surface area contributed by atoms with Gasteiger partial charge in [-0.1, -0.05) is 28.1 Å². The van der Waals surface area contributed by atoms with Crippen molar-refractivity contribution in [1.29, 1.82) is 0 Å². The Bertz CT molecular complexity index is 520. The van der Waals surface area contributed by atoms with Crippen LogP contribution in [0.15, 0.2) is 28.7 Å². The van der Waals surface area contributed by atoms with Gasteiger partial charge in [0, 0.05) is 11.0 Å². The van der Waals surface area contributed by atoms with E-state index >= 15 is 0 Å². The first-order valence-corrected chi connectivity index (χ1v) is 7.41. The Morgan fingerprint density at radius 1 is 1.43 bits per heavy atom. The van der Waals surface area contributed by atoms with Crippen molar-refractivity contribution in [1.82, 2.24) is 10.2 Å². The molecule has 1 saturated heterocycles. The lowest BCUT2D eigenvalue weighted by Crippen LogP contribution is -2.55. The maximum Gasteiger partial charge on any atom is 0.328 e. The van der Waals surface area contributed by atoms with E-state index in [0.29, 0.717) is 6.61 Å². The van der Waals surface area contributed by atoms with Crippen LogP contribution < -0.4 is 5.32 Å². The SMILES string of the molecule is CC(NC(=O)N1CCOCC1C(=O)O)c1ccc(Br)cc1. The number of hydrogen-bond donors (Lipinski definition) is 2. The van der Waals surface area contributed by atoms with Crippen molar-refractivity contribution in [3.63, 3.8) is 0 Å². The second-order valence-corrected chi connectivity index (χ2v) is 5.76. The normalized spacial score (nSPS) is 19.9. The molecule has 1 fully saturated rings. The molecule has 0 aromatic heterocycles. The summed E-state index contributed by atoms with van der Waals surface area (Å²) in [5.41, 5.74) is 0.951. The predicted octanol–water partition coefficient (Wildman–Crippen LogP) is 2.01. The first kappa shape index (κ1) is 15.8. The number of halogens is 1. The maximum atomic E-state index is 12.3. The molecule has 1 heterocycles. The summed E-state index contributed by atoms with van der Waals surface area (Å²) in [7, 11) is 0. The minimum absolute atomic E-state index is 0.0232. The Hall–Kier alpha value is -1.60. The van der Waals surface area contributed by atoms with Crippen LogP contribution in [0, 0.1) is 0 Å². The zero-order valence-corrected chi connectivity index (χ0v) is 13.2. The summed E-state index contributed by atoms with van der Waals surface area (Å²) in [6.45, 7) is 2.51. The van der Waals surface area contributed by atoms with Gasteiger partial charge in [0.25, 0.3) is 0 Å². The van der Waals surface area contributed by atoms with Gasteiger partial charge in [0.2, 0.25) is 0 Å². The molecule has 2 N–H and O–H groups in total. The lowest BCUT2D eigenvalue weighted by atomic mass is 10.1. The fourth-order valence-corrected chi connectivity index (χ4v) is 2.42. The third kappa shape index (κ3) is 3.95. The molecule has 0 spiro atoms. The van der Waals surface area contributed by atoms with Crippen LogP contribution in [-0.4, -0.2) is 47.8 Å². The summed E-state index contributed by atoms with van der Waals surface area (Å²) in [5, 5.41) is 12.0. The molecule has 0 radical (unpaired) electrons. The molecule has 2 rings (SSSR count). The van der Waals surface area contributed by atoms with Crippen molar-refractivity contribution in [3.8, 4) is 0 Å². The van der Waals surface area contributed by atoms with Gasteiger partial charge in [-0.2, -0.15) is 0 Å². The Morgan fingerprint density at radius 3 is 2.71 bits per heavy atom. The fraction of sp³-hybridized carbons (Fsp3) is 0.429. The standard InChI is InChI=1S/C14H17BrN2O4/c1-9(10-2-4-11(15)5-3-10)16-14(20)17-6-7-21-8-12(17)13(18)19/h2-5,9,12H,6-8H2,1H3,(H,16,20)(H,18,19). The van der Waals surface area contributed by atoms with Gasteiger partial charge in [0.1, 0.15) is 0 Å². The predicted molar refractivity (Wildman–Crippen MR) is 80.0 cm³/mol. The number of aliphatic carboxylic acids is 1. The number of carboxylic acid groups (broad SMARTS) is 1. The van der Waals surface area contributed by atoms with Gasteiger partial charge in [-0.15, -0.1) is 0 Å². The quantitative estimate of drug-likeness (QED) is 0.868. The number of urea groups is 1. The van der Waals surface area contributed by atoms with Gasteiger partial charge in [0.15, 0.2) is 6.04 Å². The van der Waals surface area contributed by atoms with Crippen molar-refractivity contribution in [3.05, 3.63) is 34.3 Å². The van der Waals surface area contributed by atoms with Crippen LogP contribution in [-0.2, 0) is 9.53 Å². The second-order valence-electron chi connectivity index (χ2n) is 4.85. The lowest BCUT2D eigenvalue weighted by Gasteiger charge is -2.33. The number of rotatable bonds is 3. The third-order valence-electron chi connectivity index (χ3n) is 3.38. The molecule has 2 atom stereocenters. The molecule has 2 amide bonds. The molecule has 1 aliphatic heterocycles. The van der Waals surface area contributed by atoms with Crippen LogP contribution in [0.3, 0.4) is 0 Å². The van der Waals surface area contributed by atoms with E-state index in [4.69, 9.17) is 9.84 Å². The van der Waals surface area contributed by atoms with Crippen LogP contribution in [0.2, 0.25) is 0 Å². The average molecular weight is 357 g/mol. The van der Waals surface area contributed by atoms with Crippen LogP contribution in [0.4, 0.5) is 4.79 Å². The highest BCUT2D eigenvalue weighted by atomic mass is 79.9. The molecule has 1 aromatic carbocycles. The molecule has 21 heavy (non-hydrogen) atoms. The minimum atomic E-state index is -1.05. The summed E-state index contributed by atoms with van der Waals surface area (Å²) in [6, 6.07) is 6.07. The van der Waals surface area contributed by atoms with Crippen molar-refractivity contribution in [2.24, 2.45) is 0 Å². The topological polar surface area (TPSA) is 78.9 Å². The number of carbonyl (C=O) groups excluding carboxylic acids is 1. The van der Waals surface area contributed by atoms with Gasteiger partial charge >= 0.3 is 12.0 Å². The first-order valence-electron chi connectivity index (χ1n) is 6.62. The summed E-state index contributed by atoms with van der Waals surface area (Å²) in [4.78, 5) is 24.7. The van der Waals surface area contributed by atoms with Crippen LogP contribution in [0.25, 0.3) is 0 Å². The molecule has 0 aliphatic carbocycles. The van der Waals surface area contributed by atoms with Crippen LogP contribution in [0.1, 0.15) is 18.5 Å². The highest BCUT2D eigenvalue weighted by Gasteiger charge is 2.33. The van der Waals surface area contributed by atoms with E-state index < -0.39 is 12.0 Å². The Morgan fingerprint density at radius 2 is 2.10 bits per heavy atom. The number of amides is 2. The molecule has 7 heteroatoms. The summed E-state index contributed by atoms with van der Waals surface area (Å²) >= 11 is 3.36. The number of nitrogens with zero attached hydrogens (tertiary/aromatic N) is 1. The Labute approximate surface area is 131 Å². The number of hydrogen-bond acceptors (Lipinski definition) is 3. The zero-order chi connectivity index (χ0) is 15.4. The second kappa shape index (κ2) is 6.91. The Kier molecular flexibility index (Phi) is 5.19. The molecular weight excluding hydrogens is 340 g/mol. The van der Waals surface area contributed by atoms with E-state index in [9.17, 15) is 9.59 Å². The number of nitrogens with one attached hydrogen (secondary N) is 1. The fourth-order valence-electron chi connectivity index (χ4n) is 2.15. The monoisotopic (exact) mass is 356 g/mol. The molecule has 1 aliphatic rings. The number of ether oxygens (including phenoxy) is 1. The number of carbonyl (C=O) groups is 2. The van der Waals surface area contributed by atoms with E-state index in [0.717, 1.165) is 10.0 Å². The molecule has 6 nitrogen and oxygen atoms in total. The van der Waals surface area contributed by atoms with Crippen molar-refractivity contribution in [2.75, 3.05) is 19.8 Å². The molecule has 0 bridgehead atoms. The van der Waals surface area contributed by atoms with Crippen LogP contribution >= 0.6 is 15.9 Å². The van der Waals surface area contributed by atoms with E-state index in [1.54, 1.807) is 0 Å². The van der Waals surface area contributed by atoms with Crippen molar-refractivity contribution >= 4 is 27.9 Å². The number of morpholine rings is 1. The number of benzene rings is 1. The molecule has 114 valence electrons. The summed E-state index contributed by atoms with van der Waals surface area (Å²) in [6.07, 6.45) is 0. The van der Waals surface area contributed by atoms with Gasteiger partial charge in [-0.05, 0) is 24.6 Å². The largest absolute Gasteiger partial charge is 0.480 e. The Balaban J connectivity index is 2.02. The maximum absolute atomic E-state index is 12.3. The highest BCUT2D eigenvalue weighted by Crippen LogP contribution is 2.17. The van der Waals surface area contributed by atoms with Gasteiger partial charge in [0.05, 0.1) is 19.3 Å². The van der Waals surface area contributed by atoms with E-state index in [1.165, 1.54) is 4.90 Å². The molecule has 2 unspecified atom stereocenters. The van der Waals surface area contributed by atoms with Gasteiger partial charge in [-0.25, -0.2) is 9.59 Å².